The van der Waals surface area contributed by atoms with Gasteiger partial charge < -0.3 is 0 Å². The van der Waals surface area contributed by atoms with E-state index in [1.165, 1.54) is 19.3 Å². The third-order valence-corrected chi connectivity index (χ3v) is 2.93. The van der Waals surface area contributed by atoms with Crippen LogP contribution in [-0.2, 0) is 0 Å². The molecule has 0 amide bonds. The monoisotopic (exact) mass is 208 g/mol. The SMILES string of the molecule is C.C=CC1CCC(C=C)[C@H](C=C)C1.CC. The van der Waals surface area contributed by atoms with E-state index in [1.54, 1.807) is 0 Å². The molecule has 0 aromatic heterocycles. The molecule has 15 heavy (non-hydrogen) atoms. The lowest BCUT2D eigenvalue weighted by Crippen LogP contribution is -2.20. The fourth-order valence-electron chi connectivity index (χ4n) is 2.04. The molecular formula is C15H28. The Kier molecular flexibility index (Phi) is 10.8. The quantitative estimate of drug-likeness (QED) is 0.556. The van der Waals surface area contributed by atoms with E-state index >= 15 is 0 Å². The molecule has 0 heterocycles. The molecule has 0 aromatic rings. The minimum absolute atomic E-state index is 0. The van der Waals surface area contributed by atoms with Gasteiger partial charge in [-0.3, -0.25) is 0 Å². The van der Waals surface area contributed by atoms with Crippen molar-refractivity contribution in [1.82, 2.24) is 0 Å². The molecule has 0 radical (unpaired) electrons. The molecule has 1 fully saturated rings. The van der Waals surface area contributed by atoms with E-state index in [1.807, 2.05) is 13.8 Å². The maximum Gasteiger partial charge on any atom is -0.0168 e. The van der Waals surface area contributed by atoms with Crippen LogP contribution in [0.5, 0.6) is 0 Å². The Morgan fingerprint density at radius 3 is 1.80 bits per heavy atom. The molecule has 0 spiro atoms. The Morgan fingerprint density at radius 2 is 1.40 bits per heavy atom. The zero-order valence-corrected chi connectivity index (χ0v) is 9.71. The topological polar surface area (TPSA) is 0 Å². The van der Waals surface area contributed by atoms with Crippen molar-refractivity contribution in [3.8, 4) is 0 Å². The zero-order chi connectivity index (χ0) is 11.0. The van der Waals surface area contributed by atoms with E-state index in [-0.39, 0.29) is 7.43 Å². The normalized spacial score (nSPS) is 28.8. The van der Waals surface area contributed by atoms with Crippen LogP contribution in [0.1, 0.15) is 40.5 Å². The molecule has 0 N–H and O–H groups in total. The molecule has 0 aliphatic heterocycles. The van der Waals surface area contributed by atoms with Crippen molar-refractivity contribution in [3.05, 3.63) is 38.0 Å². The Labute approximate surface area is 96.8 Å². The largest absolute Gasteiger partial charge is 0.103 e. The van der Waals surface area contributed by atoms with Gasteiger partial charge in [0.15, 0.2) is 0 Å². The van der Waals surface area contributed by atoms with Crippen LogP contribution in [0.3, 0.4) is 0 Å². The molecule has 0 saturated heterocycles. The first-order chi connectivity index (χ1) is 6.81. The molecule has 1 rings (SSSR count). The summed E-state index contributed by atoms with van der Waals surface area (Å²) in [6, 6.07) is 0. The Hall–Kier alpha value is -0.780. The second-order valence-electron chi connectivity index (χ2n) is 3.61. The lowest BCUT2D eigenvalue weighted by molar-refractivity contribution is 0.288. The van der Waals surface area contributed by atoms with Crippen LogP contribution in [0.2, 0.25) is 0 Å². The third kappa shape index (κ3) is 5.01. The van der Waals surface area contributed by atoms with Gasteiger partial charge >= 0.3 is 0 Å². The van der Waals surface area contributed by atoms with Gasteiger partial charge in [-0.2, -0.15) is 0 Å². The average molecular weight is 208 g/mol. The summed E-state index contributed by atoms with van der Waals surface area (Å²) < 4.78 is 0. The van der Waals surface area contributed by atoms with Gasteiger partial charge in [-0.25, -0.2) is 0 Å². The number of hydrogen-bond donors (Lipinski definition) is 0. The van der Waals surface area contributed by atoms with Crippen LogP contribution in [-0.4, -0.2) is 0 Å². The molecule has 1 aliphatic carbocycles. The van der Waals surface area contributed by atoms with Crippen LogP contribution >= 0.6 is 0 Å². The van der Waals surface area contributed by atoms with Crippen molar-refractivity contribution in [2.24, 2.45) is 17.8 Å². The van der Waals surface area contributed by atoms with Crippen LogP contribution in [0, 0.1) is 17.8 Å². The van der Waals surface area contributed by atoms with Crippen molar-refractivity contribution < 1.29 is 0 Å². The van der Waals surface area contributed by atoms with Crippen LogP contribution in [0.25, 0.3) is 0 Å². The second-order valence-corrected chi connectivity index (χ2v) is 3.61. The van der Waals surface area contributed by atoms with Crippen molar-refractivity contribution >= 4 is 0 Å². The number of rotatable bonds is 3. The van der Waals surface area contributed by atoms with Gasteiger partial charge in [-0.15, -0.1) is 19.7 Å². The second kappa shape index (κ2) is 9.76. The summed E-state index contributed by atoms with van der Waals surface area (Å²) in [7, 11) is 0. The van der Waals surface area contributed by atoms with Crippen molar-refractivity contribution in [1.29, 1.82) is 0 Å². The molecule has 88 valence electrons. The Bertz CT molecular complexity index is 178. The fourth-order valence-corrected chi connectivity index (χ4v) is 2.04. The van der Waals surface area contributed by atoms with Crippen LogP contribution in [0.4, 0.5) is 0 Å². The summed E-state index contributed by atoms with van der Waals surface area (Å²) in [5, 5.41) is 0. The fraction of sp³-hybridized carbons (Fsp3) is 0.600. The summed E-state index contributed by atoms with van der Waals surface area (Å²) in [5.41, 5.74) is 0. The average Bonchev–Trinajstić information content (AvgIpc) is 2.30. The van der Waals surface area contributed by atoms with E-state index in [0.717, 1.165) is 0 Å². The van der Waals surface area contributed by atoms with Gasteiger partial charge in [0.1, 0.15) is 0 Å². The van der Waals surface area contributed by atoms with Gasteiger partial charge in [0, 0.05) is 0 Å². The summed E-state index contributed by atoms with van der Waals surface area (Å²) in [6.07, 6.45) is 9.95. The molecule has 0 aromatic carbocycles. The Balaban J connectivity index is 0. The first-order valence-electron chi connectivity index (χ1n) is 5.69. The first kappa shape index (κ1) is 16.6. The summed E-state index contributed by atoms with van der Waals surface area (Å²) in [6.45, 7) is 15.6. The zero-order valence-electron chi connectivity index (χ0n) is 9.71. The van der Waals surface area contributed by atoms with E-state index in [4.69, 9.17) is 0 Å². The van der Waals surface area contributed by atoms with Gasteiger partial charge in [0.05, 0.1) is 0 Å². The van der Waals surface area contributed by atoms with Crippen molar-refractivity contribution in [2.75, 3.05) is 0 Å². The van der Waals surface area contributed by atoms with Gasteiger partial charge in [0.2, 0.25) is 0 Å². The van der Waals surface area contributed by atoms with E-state index in [9.17, 15) is 0 Å². The number of allylic oxidation sites excluding steroid dienone is 3. The maximum absolute atomic E-state index is 3.87. The van der Waals surface area contributed by atoms with Crippen LogP contribution < -0.4 is 0 Å². The third-order valence-electron chi connectivity index (χ3n) is 2.93. The summed E-state index contributed by atoms with van der Waals surface area (Å²) >= 11 is 0. The van der Waals surface area contributed by atoms with Gasteiger partial charge in [-0.05, 0) is 37.0 Å². The lowest BCUT2D eigenvalue weighted by atomic mass is 9.74. The lowest BCUT2D eigenvalue weighted by Gasteiger charge is -2.31. The predicted molar refractivity (Wildman–Crippen MR) is 73.0 cm³/mol. The standard InChI is InChI=1S/C12H18.C2H6.CH4/c1-4-10-7-8-11(5-2)12(6-3)9-10;1-2;/h4-6,10-12H,1-3,7-9H2;1-2H3;1H4/t10?,11?,12-;;/m1../s1. The van der Waals surface area contributed by atoms with E-state index in [0.29, 0.717) is 17.8 Å². The Morgan fingerprint density at radius 1 is 0.867 bits per heavy atom. The highest BCUT2D eigenvalue weighted by atomic mass is 14.3. The van der Waals surface area contributed by atoms with Gasteiger partial charge in [0.25, 0.3) is 0 Å². The van der Waals surface area contributed by atoms with E-state index < -0.39 is 0 Å². The predicted octanol–water partition coefficient (Wildman–Crippen LogP) is 5.24. The highest BCUT2D eigenvalue weighted by Gasteiger charge is 2.24. The minimum atomic E-state index is 0. The summed E-state index contributed by atoms with van der Waals surface area (Å²) in [5.74, 6) is 1.97. The molecule has 0 heteroatoms. The molecule has 0 nitrogen and oxygen atoms in total. The molecule has 1 aliphatic rings. The molecular weight excluding hydrogens is 180 g/mol. The number of hydrogen-bond acceptors (Lipinski definition) is 0. The molecule has 2 unspecified atom stereocenters. The van der Waals surface area contributed by atoms with E-state index in [2.05, 4.69) is 38.0 Å². The first-order valence-corrected chi connectivity index (χ1v) is 5.69. The smallest absolute Gasteiger partial charge is 0.0168 e. The maximum atomic E-state index is 3.87. The molecule has 0 bridgehead atoms. The molecule has 3 atom stereocenters. The van der Waals surface area contributed by atoms with Crippen LogP contribution in [0.15, 0.2) is 38.0 Å². The van der Waals surface area contributed by atoms with Crippen molar-refractivity contribution in [3.63, 3.8) is 0 Å². The highest BCUT2D eigenvalue weighted by molar-refractivity contribution is 4.99. The van der Waals surface area contributed by atoms with Gasteiger partial charge in [-0.1, -0.05) is 39.5 Å². The minimum Gasteiger partial charge on any atom is -0.103 e. The summed E-state index contributed by atoms with van der Waals surface area (Å²) in [4.78, 5) is 0. The van der Waals surface area contributed by atoms with Crippen molar-refractivity contribution in [2.45, 2.75) is 40.5 Å². The molecule has 1 saturated carbocycles. The highest BCUT2D eigenvalue weighted by Crippen LogP contribution is 2.35.